The van der Waals surface area contributed by atoms with Gasteiger partial charge < -0.3 is 10.0 Å². The normalized spacial score (nSPS) is 19.5. The molecule has 5 heteroatoms. The third-order valence-corrected chi connectivity index (χ3v) is 4.32. The molecule has 1 atom stereocenters. The van der Waals surface area contributed by atoms with E-state index in [0.29, 0.717) is 18.2 Å². The third kappa shape index (κ3) is 3.88. The van der Waals surface area contributed by atoms with Crippen LogP contribution in [0.5, 0.6) is 0 Å². The monoisotopic (exact) mass is 307 g/mol. The Morgan fingerprint density at radius 1 is 1.41 bits per heavy atom. The van der Waals surface area contributed by atoms with E-state index in [1.807, 2.05) is 17.9 Å². The summed E-state index contributed by atoms with van der Waals surface area (Å²) < 4.78 is 1.80. The van der Waals surface area contributed by atoms with E-state index in [1.165, 1.54) is 0 Å². The van der Waals surface area contributed by atoms with Gasteiger partial charge in [-0.25, -0.2) is 0 Å². The van der Waals surface area contributed by atoms with Gasteiger partial charge in [-0.2, -0.15) is 5.10 Å². The van der Waals surface area contributed by atoms with Crippen LogP contribution in [0.1, 0.15) is 62.6 Å². The van der Waals surface area contributed by atoms with E-state index < -0.39 is 0 Å². The molecule has 2 rings (SSSR count). The molecular formula is C17H29N3O2. The van der Waals surface area contributed by atoms with Crippen LogP contribution in [0.3, 0.4) is 0 Å². The summed E-state index contributed by atoms with van der Waals surface area (Å²) in [4.78, 5) is 14.8. The number of carbonyl (C=O) groups is 1. The first kappa shape index (κ1) is 17.0. The second-order valence-electron chi connectivity index (χ2n) is 6.62. The summed E-state index contributed by atoms with van der Waals surface area (Å²) in [6.45, 7) is 7.79. The zero-order valence-electron chi connectivity index (χ0n) is 14.1. The predicted octanol–water partition coefficient (Wildman–Crippen LogP) is 2.48. The summed E-state index contributed by atoms with van der Waals surface area (Å²) in [5.74, 6) is 0.539. The summed E-state index contributed by atoms with van der Waals surface area (Å²) in [5.41, 5.74) is 1.65. The molecule has 0 aromatic carbocycles. The van der Waals surface area contributed by atoms with Gasteiger partial charge >= 0.3 is 0 Å². The lowest BCUT2D eigenvalue weighted by Crippen LogP contribution is -2.42. The Hall–Kier alpha value is -1.36. The fraction of sp³-hybridized carbons (Fsp3) is 0.765. The van der Waals surface area contributed by atoms with Gasteiger partial charge in [0.15, 0.2) is 0 Å². The fourth-order valence-corrected chi connectivity index (χ4v) is 3.18. The summed E-state index contributed by atoms with van der Waals surface area (Å²) in [6.07, 6.45) is 5.01. The summed E-state index contributed by atoms with van der Waals surface area (Å²) >= 11 is 0. The highest BCUT2D eigenvalue weighted by Crippen LogP contribution is 2.20. The van der Waals surface area contributed by atoms with Crippen molar-refractivity contribution in [3.63, 3.8) is 0 Å². The van der Waals surface area contributed by atoms with Crippen LogP contribution in [0.25, 0.3) is 0 Å². The smallest absolute Gasteiger partial charge is 0.272 e. The van der Waals surface area contributed by atoms with Gasteiger partial charge in [0.25, 0.3) is 5.91 Å². The predicted molar refractivity (Wildman–Crippen MR) is 86.8 cm³/mol. The minimum atomic E-state index is -0.0521. The van der Waals surface area contributed by atoms with Gasteiger partial charge in [0.05, 0.1) is 18.3 Å². The second-order valence-corrected chi connectivity index (χ2v) is 6.62. The topological polar surface area (TPSA) is 58.4 Å². The van der Waals surface area contributed by atoms with E-state index in [0.717, 1.165) is 44.3 Å². The molecule has 1 aliphatic rings. The first-order valence-electron chi connectivity index (χ1n) is 8.55. The van der Waals surface area contributed by atoms with Gasteiger partial charge in [0.1, 0.15) is 5.69 Å². The summed E-state index contributed by atoms with van der Waals surface area (Å²) in [5, 5.41) is 14.2. The highest BCUT2D eigenvalue weighted by atomic mass is 16.3. The first-order chi connectivity index (χ1) is 10.6. The van der Waals surface area contributed by atoms with Crippen LogP contribution < -0.4 is 0 Å². The Bertz CT molecular complexity index is 496. The number of hydrogen-bond donors (Lipinski definition) is 1. The maximum atomic E-state index is 13.0. The Labute approximate surface area is 133 Å². The van der Waals surface area contributed by atoms with Gasteiger partial charge in [0.2, 0.25) is 0 Å². The molecule has 1 amide bonds. The van der Waals surface area contributed by atoms with E-state index in [-0.39, 0.29) is 18.6 Å². The molecule has 2 heterocycles. The molecule has 1 saturated heterocycles. The minimum Gasteiger partial charge on any atom is -0.394 e. The van der Waals surface area contributed by atoms with Gasteiger partial charge in [-0.05, 0) is 38.2 Å². The molecule has 5 nitrogen and oxygen atoms in total. The third-order valence-electron chi connectivity index (χ3n) is 4.32. The van der Waals surface area contributed by atoms with Crippen LogP contribution >= 0.6 is 0 Å². The number of rotatable bonds is 5. The van der Waals surface area contributed by atoms with Crippen LogP contribution in [0.4, 0.5) is 0 Å². The highest BCUT2D eigenvalue weighted by molar-refractivity contribution is 5.93. The molecule has 1 aromatic rings. The Morgan fingerprint density at radius 2 is 2.18 bits per heavy atom. The van der Waals surface area contributed by atoms with Crippen molar-refractivity contribution in [2.24, 2.45) is 5.92 Å². The van der Waals surface area contributed by atoms with Gasteiger partial charge in [-0.3, -0.25) is 9.48 Å². The lowest BCUT2D eigenvalue weighted by molar-refractivity contribution is 0.0587. The Morgan fingerprint density at radius 3 is 2.82 bits per heavy atom. The number of likely N-dealkylation sites (tertiary alicyclic amines) is 1. The molecule has 0 radical (unpaired) electrons. The highest BCUT2D eigenvalue weighted by Gasteiger charge is 2.28. The lowest BCUT2D eigenvalue weighted by atomic mass is 10.1. The maximum absolute atomic E-state index is 13.0. The van der Waals surface area contributed by atoms with E-state index in [9.17, 15) is 9.90 Å². The standard InChI is InChI=1S/C17H29N3O2/c1-4-20-16(11-14(18-20)10-13(2)3)17(22)19-9-7-5-6-8-15(19)12-21/h11,13,15,21H,4-10,12H2,1-3H3/t15-/m1/s1. The molecule has 0 spiro atoms. The quantitative estimate of drug-likeness (QED) is 0.909. The van der Waals surface area contributed by atoms with Crippen molar-refractivity contribution in [2.45, 2.75) is 65.5 Å². The zero-order chi connectivity index (χ0) is 16.1. The number of aromatic nitrogens is 2. The number of aliphatic hydroxyl groups is 1. The number of hydrogen-bond acceptors (Lipinski definition) is 3. The van der Waals surface area contributed by atoms with E-state index >= 15 is 0 Å². The van der Waals surface area contributed by atoms with Crippen LogP contribution in [-0.4, -0.2) is 44.9 Å². The first-order valence-corrected chi connectivity index (χ1v) is 8.55. The molecular weight excluding hydrogens is 278 g/mol. The van der Waals surface area contributed by atoms with Gasteiger partial charge in [0, 0.05) is 13.1 Å². The molecule has 1 aliphatic heterocycles. The Kier molecular flexibility index (Phi) is 6.00. The Balaban J connectivity index is 2.24. The molecule has 124 valence electrons. The molecule has 0 unspecified atom stereocenters. The van der Waals surface area contributed by atoms with Crippen LogP contribution in [0.15, 0.2) is 6.07 Å². The number of carbonyl (C=O) groups excluding carboxylic acids is 1. The largest absolute Gasteiger partial charge is 0.394 e. The molecule has 0 bridgehead atoms. The van der Waals surface area contributed by atoms with E-state index in [2.05, 4.69) is 18.9 Å². The summed E-state index contributed by atoms with van der Waals surface area (Å²) in [6, 6.07) is 1.88. The molecule has 22 heavy (non-hydrogen) atoms. The van der Waals surface area contributed by atoms with E-state index in [1.54, 1.807) is 4.68 Å². The maximum Gasteiger partial charge on any atom is 0.272 e. The molecule has 0 aliphatic carbocycles. The van der Waals surface area contributed by atoms with Crippen molar-refractivity contribution in [1.29, 1.82) is 0 Å². The molecule has 0 saturated carbocycles. The lowest BCUT2D eigenvalue weighted by Gasteiger charge is -2.28. The number of aryl methyl sites for hydroxylation is 1. The van der Waals surface area contributed by atoms with Crippen molar-refractivity contribution in [1.82, 2.24) is 14.7 Å². The van der Waals surface area contributed by atoms with Crippen LogP contribution in [0, 0.1) is 5.92 Å². The van der Waals surface area contributed by atoms with Crippen molar-refractivity contribution in [3.05, 3.63) is 17.5 Å². The number of nitrogens with zero attached hydrogens (tertiary/aromatic N) is 3. The van der Waals surface area contributed by atoms with Gasteiger partial charge in [-0.1, -0.05) is 26.7 Å². The average Bonchev–Trinajstić information content (AvgIpc) is 2.74. The fourth-order valence-electron chi connectivity index (χ4n) is 3.18. The van der Waals surface area contributed by atoms with Crippen LogP contribution in [0.2, 0.25) is 0 Å². The van der Waals surface area contributed by atoms with Crippen molar-refractivity contribution in [3.8, 4) is 0 Å². The molecule has 1 aromatic heterocycles. The molecule has 1 N–H and O–H groups in total. The molecule has 1 fully saturated rings. The zero-order valence-corrected chi connectivity index (χ0v) is 14.1. The minimum absolute atomic E-state index is 0.0188. The van der Waals surface area contributed by atoms with E-state index in [4.69, 9.17) is 0 Å². The SMILES string of the molecule is CCn1nc(CC(C)C)cc1C(=O)N1CCCCC[C@@H]1CO. The van der Waals surface area contributed by atoms with Crippen molar-refractivity contribution >= 4 is 5.91 Å². The number of aliphatic hydroxyl groups excluding tert-OH is 1. The second kappa shape index (κ2) is 7.77. The van der Waals surface area contributed by atoms with Crippen molar-refractivity contribution in [2.75, 3.05) is 13.2 Å². The van der Waals surface area contributed by atoms with Crippen LogP contribution in [-0.2, 0) is 13.0 Å². The average molecular weight is 307 g/mol. The summed E-state index contributed by atoms with van der Waals surface area (Å²) in [7, 11) is 0. The van der Waals surface area contributed by atoms with Crippen molar-refractivity contribution < 1.29 is 9.90 Å². The number of amides is 1. The van der Waals surface area contributed by atoms with Gasteiger partial charge in [-0.15, -0.1) is 0 Å².